The second kappa shape index (κ2) is 12.5. The maximum absolute atomic E-state index is 13.6. The molecule has 0 amide bonds. The number of halogens is 6. The molecule has 0 spiro atoms. The second-order valence-corrected chi connectivity index (χ2v) is 8.25. The Morgan fingerprint density at radius 2 is 1.60 bits per heavy atom. The number of aliphatic hydroxyl groups excluding tert-OH is 1. The molecule has 2 aromatic rings. The topological polar surface area (TPSA) is 91.0 Å². The Morgan fingerprint density at radius 3 is 2.17 bits per heavy atom. The molecule has 1 unspecified atom stereocenters. The summed E-state index contributed by atoms with van der Waals surface area (Å²) in [6, 6.07) is 8.77. The summed E-state index contributed by atoms with van der Waals surface area (Å²) in [6.45, 7) is -0.792. The van der Waals surface area contributed by atoms with Gasteiger partial charge >= 0.3 is 21.2 Å². The fourth-order valence-corrected chi connectivity index (χ4v) is 3.45. The van der Waals surface area contributed by atoms with Gasteiger partial charge in [-0.15, -0.1) is 13.2 Å². The third kappa shape index (κ3) is 10.0. The first-order chi connectivity index (χ1) is 16.3. The van der Waals surface area contributed by atoms with Gasteiger partial charge in [0.05, 0.1) is 30.9 Å². The van der Waals surface area contributed by atoms with E-state index >= 15 is 0 Å². The van der Waals surface area contributed by atoms with E-state index in [1.807, 2.05) is 0 Å². The molecule has 194 valence electrons. The van der Waals surface area contributed by atoms with Crippen LogP contribution in [0.5, 0.6) is 11.5 Å². The highest BCUT2D eigenvalue weighted by molar-refractivity contribution is 7.17. The van der Waals surface area contributed by atoms with Gasteiger partial charge in [0.2, 0.25) is 0 Å². The standard InChI is InChI=1S/C22H24F6NO5P/c23-21(24,25)18-12-16(9-10-20(29,13-30)14-33-35-31)5-8-19(18)32-11-1-2-15-3-6-17(7-4-15)34-22(26,27)28/h3-8,12,30H,1-2,9-11,13-14,29H2. The van der Waals surface area contributed by atoms with Gasteiger partial charge in [-0.05, 0) is 61.1 Å². The van der Waals surface area contributed by atoms with Crippen molar-refractivity contribution in [2.75, 3.05) is 19.8 Å². The van der Waals surface area contributed by atoms with E-state index in [1.54, 1.807) is 0 Å². The molecule has 0 fully saturated rings. The number of aryl methyl sites for hydroxylation is 2. The predicted octanol–water partition coefficient (Wildman–Crippen LogP) is 5.46. The Hall–Kier alpha value is -2.40. The van der Waals surface area contributed by atoms with Crippen molar-refractivity contribution >= 4 is 8.69 Å². The Morgan fingerprint density at radius 1 is 0.943 bits per heavy atom. The third-order valence-corrected chi connectivity index (χ3v) is 5.24. The lowest BCUT2D eigenvalue weighted by atomic mass is 9.93. The van der Waals surface area contributed by atoms with Crippen LogP contribution in [0.4, 0.5) is 26.3 Å². The van der Waals surface area contributed by atoms with Gasteiger partial charge in [-0.25, -0.2) is 4.57 Å². The summed E-state index contributed by atoms with van der Waals surface area (Å²) >= 11 is 0. The van der Waals surface area contributed by atoms with Crippen molar-refractivity contribution < 1.29 is 50.0 Å². The number of alkyl halides is 6. The number of aliphatic hydroxyl groups is 1. The van der Waals surface area contributed by atoms with Crippen LogP contribution in [0, 0.1) is 0 Å². The molecule has 0 bridgehead atoms. The lowest BCUT2D eigenvalue weighted by Crippen LogP contribution is -2.47. The third-order valence-electron chi connectivity index (χ3n) is 5.00. The highest BCUT2D eigenvalue weighted by atomic mass is 31.1. The van der Waals surface area contributed by atoms with Gasteiger partial charge in [-0.1, -0.05) is 18.2 Å². The molecule has 3 N–H and O–H groups in total. The van der Waals surface area contributed by atoms with Gasteiger partial charge in [0.15, 0.2) is 0 Å². The van der Waals surface area contributed by atoms with Gasteiger partial charge in [0.1, 0.15) is 11.5 Å². The fraction of sp³-hybridized carbons (Fsp3) is 0.455. The molecular formula is C22H24F6NO5P. The van der Waals surface area contributed by atoms with E-state index in [4.69, 9.17) is 10.5 Å². The zero-order valence-electron chi connectivity index (χ0n) is 18.4. The van der Waals surface area contributed by atoms with Crippen LogP contribution in [0.3, 0.4) is 0 Å². The molecule has 0 aliphatic heterocycles. The summed E-state index contributed by atoms with van der Waals surface area (Å²) in [7, 11) is -0.621. The van der Waals surface area contributed by atoms with Gasteiger partial charge in [0, 0.05) is 0 Å². The van der Waals surface area contributed by atoms with Crippen LogP contribution in [0.25, 0.3) is 0 Å². The van der Waals surface area contributed by atoms with Crippen molar-refractivity contribution in [1.29, 1.82) is 0 Å². The molecule has 1 atom stereocenters. The van der Waals surface area contributed by atoms with E-state index in [0.717, 1.165) is 18.2 Å². The average Bonchev–Trinajstić information content (AvgIpc) is 2.79. The van der Waals surface area contributed by atoms with E-state index < -0.39 is 38.9 Å². The first kappa shape index (κ1) is 28.8. The van der Waals surface area contributed by atoms with Crippen LogP contribution in [0.15, 0.2) is 42.5 Å². The summed E-state index contributed by atoms with van der Waals surface area (Å²) in [4.78, 5) is 0. The minimum Gasteiger partial charge on any atom is -0.493 e. The summed E-state index contributed by atoms with van der Waals surface area (Å²) in [5.74, 6) is -0.722. The number of hydrogen-bond acceptors (Lipinski definition) is 6. The van der Waals surface area contributed by atoms with Crippen molar-refractivity contribution in [1.82, 2.24) is 0 Å². The normalized spacial score (nSPS) is 14.1. The molecule has 2 aromatic carbocycles. The molecule has 13 heteroatoms. The smallest absolute Gasteiger partial charge is 0.493 e. The van der Waals surface area contributed by atoms with Crippen molar-refractivity contribution in [3.05, 3.63) is 59.2 Å². The van der Waals surface area contributed by atoms with Crippen molar-refractivity contribution in [3.63, 3.8) is 0 Å². The summed E-state index contributed by atoms with van der Waals surface area (Å²) < 4.78 is 102. The highest BCUT2D eigenvalue weighted by Crippen LogP contribution is 2.37. The number of ether oxygens (including phenoxy) is 2. The van der Waals surface area contributed by atoms with Gasteiger partial charge in [0.25, 0.3) is 0 Å². The minimum absolute atomic E-state index is 0.0502. The van der Waals surface area contributed by atoms with Crippen LogP contribution in [-0.2, 0) is 28.1 Å². The first-order valence-corrected chi connectivity index (χ1v) is 11.1. The van der Waals surface area contributed by atoms with E-state index in [9.17, 15) is 36.0 Å². The highest BCUT2D eigenvalue weighted by Gasteiger charge is 2.35. The van der Waals surface area contributed by atoms with E-state index in [1.165, 1.54) is 24.3 Å². The van der Waals surface area contributed by atoms with Crippen LogP contribution >= 0.6 is 8.69 Å². The van der Waals surface area contributed by atoms with Crippen LogP contribution in [0.2, 0.25) is 0 Å². The Kier molecular flexibility index (Phi) is 10.3. The number of benzene rings is 2. The Bertz CT molecular complexity index is 955. The zero-order valence-corrected chi connectivity index (χ0v) is 19.3. The molecule has 0 heterocycles. The monoisotopic (exact) mass is 527 g/mol. The molecule has 0 aliphatic carbocycles. The SMILES string of the molecule is NC(CO)(CCc1ccc(OCCCc2ccc(OC(F)(F)F)cc2)c(C(F)(F)F)c1)COP=O. The van der Waals surface area contributed by atoms with Crippen LogP contribution in [0.1, 0.15) is 29.5 Å². The summed E-state index contributed by atoms with van der Waals surface area (Å²) in [5, 5.41) is 9.42. The van der Waals surface area contributed by atoms with E-state index in [0.29, 0.717) is 24.0 Å². The maximum atomic E-state index is 13.6. The Balaban J connectivity index is 1.96. The van der Waals surface area contributed by atoms with Gasteiger partial charge in [-0.2, -0.15) is 13.2 Å². The molecule has 0 radical (unpaired) electrons. The maximum Gasteiger partial charge on any atom is 0.573 e. The van der Waals surface area contributed by atoms with Crippen LogP contribution in [-0.4, -0.2) is 36.8 Å². The number of hydrogen-bond donors (Lipinski definition) is 2. The summed E-state index contributed by atoms with van der Waals surface area (Å²) in [6.07, 6.45) is -8.59. The summed E-state index contributed by atoms with van der Waals surface area (Å²) in [5.41, 5.74) is 4.68. The second-order valence-electron chi connectivity index (χ2n) is 7.84. The molecule has 2 rings (SSSR count). The van der Waals surface area contributed by atoms with E-state index in [2.05, 4.69) is 9.26 Å². The average molecular weight is 527 g/mol. The zero-order chi connectivity index (χ0) is 26.1. The molecule has 6 nitrogen and oxygen atoms in total. The Labute approximate surface area is 199 Å². The van der Waals surface area contributed by atoms with Crippen LogP contribution < -0.4 is 15.2 Å². The molecule has 0 saturated carbocycles. The molecule has 35 heavy (non-hydrogen) atoms. The quantitative estimate of drug-likeness (QED) is 0.204. The van der Waals surface area contributed by atoms with Crippen molar-refractivity contribution in [2.24, 2.45) is 5.73 Å². The minimum atomic E-state index is -4.79. The molecule has 0 aromatic heterocycles. The molecule has 0 aliphatic rings. The molecule has 0 saturated heterocycles. The van der Waals surface area contributed by atoms with E-state index in [-0.39, 0.29) is 37.6 Å². The van der Waals surface area contributed by atoms with Crippen molar-refractivity contribution in [3.8, 4) is 11.5 Å². The fourth-order valence-electron chi connectivity index (χ4n) is 3.14. The van der Waals surface area contributed by atoms with Crippen molar-refractivity contribution in [2.45, 2.75) is 43.8 Å². The number of nitrogens with two attached hydrogens (primary N) is 1. The number of rotatable bonds is 13. The van der Waals surface area contributed by atoms with Gasteiger partial charge < -0.3 is 20.3 Å². The predicted molar refractivity (Wildman–Crippen MR) is 114 cm³/mol. The molecular weight excluding hydrogens is 503 g/mol. The first-order valence-electron chi connectivity index (χ1n) is 10.4. The largest absolute Gasteiger partial charge is 0.573 e. The lowest BCUT2D eigenvalue weighted by molar-refractivity contribution is -0.274. The lowest BCUT2D eigenvalue weighted by Gasteiger charge is -2.25. The van der Waals surface area contributed by atoms with Gasteiger partial charge in [-0.3, -0.25) is 4.52 Å².